The Morgan fingerprint density at radius 1 is 1.45 bits per heavy atom. The second-order valence-corrected chi connectivity index (χ2v) is 2.77. The first-order valence-electron chi connectivity index (χ1n) is 3.05. The summed E-state index contributed by atoms with van der Waals surface area (Å²) < 4.78 is 0. The summed E-state index contributed by atoms with van der Waals surface area (Å²) in [5.74, 6) is 0. The van der Waals surface area contributed by atoms with Gasteiger partial charge in [0.2, 0.25) is 0 Å². The van der Waals surface area contributed by atoms with Crippen LogP contribution in [0.4, 0.5) is 0 Å². The van der Waals surface area contributed by atoms with E-state index in [-0.39, 0.29) is 0 Å². The third kappa shape index (κ3) is 1.25. The van der Waals surface area contributed by atoms with E-state index in [1.807, 2.05) is 5.38 Å². The predicted molar refractivity (Wildman–Crippen MR) is 42.0 cm³/mol. The van der Waals surface area contributed by atoms with Crippen LogP contribution in [0.15, 0.2) is 24.0 Å². The van der Waals surface area contributed by atoms with E-state index in [2.05, 4.69) is 21.1 Å². The fourth-order valence-electron chi connectivity index (χ4n) is 0.721. The molecule has 0 saturated heterocycles. The van der Waals surface area contributed by atoms with Crippen LogP contribution in [0.1, 0.15) is 0 Å². The molecule has 0 aliphatic heterocycles. The standard InChI is InChI=1S/C7H4N3S/c1-2-9-6(5-8-1)7-10-3-4-11-7/h1,3-5H. The lowest BCUT2D eigenvalue weighted by Gasteiger charge is -1.89. The van der Waals surface area contributed by atoms with E-state index < -0.39 is 0 Å². The Hall–Kier alpha value is -1.29. The molecule has 0 fully saturated rings. The molecular weight excluding hydrogens is 158 g/mol. The molecular formula is C7H4N3S. The third-order valence-electron chi connectivity index (χ3n) is 1.17. The van der Waals surface area contributed by atoms with Gasteiger partial charge in [-0.3, -0.25) is 4.98 Å². The summed E-state index contributed by atoms with van der Waals surface area (Å²) in [5, 5.41) is 2.79. The molecule has 0 unspecified atom stereocenters. The molecule has 0 aliphatic rings. The van der Waals surface area contributed by atoms with Crippen LogP contribution in [0, 0.1) is 6.20 Å². The van der Waals surface area contributed by atoms with Crippen LogP contribution in [-0.2, 0) is 0 Å². The monoisotopic (exact) mass is 162 g/mol. The third-order valence-corrected chi connectivity index (χ3v) is 1.96. The molecule has 11 heavy (non-hydrogen) atoms. The Morgan fingerprint density at radius 3 is 3.09 bits per heavy atom. The van der Waals surface area contributed by atoms with Crippen molar-refractivity contribution in [2.45, 2.75) is 0 Å². The highest BCUT2D eigenvalue weighted by Gasteiger charge is 1.98. The van der Waals surface area contributed by atoms with E-state index in [4.69, 9.17) is 0 Å². The maximum atomic E-state index is 4.08. The molecule has 53 valence electrons. The van der Waals surface area contributed by atoms with Gasteiger partial charge in [-0.25, -0.2) is 9.97 Å². The minimum absolute atomic E-state index is 0.780. The highest BCUT2D eigenvalue weighted by atomic mass is 32.1. The number of rotatable bonds is 1. The van der Waals surface area contributed by atoms with Crippen LogP contribution < -0.4 is 0 Å². The van der Waals surface area contributed by atoms with Crippen molar-refractivity contribution < 1.29 is 0 Å². The normalized spacial score (nSPS) is 9.82. The summed E-state index contributed by atoms with van der Waals surface area (Å²) in [4.78, 5) is 12.0. The van der Waals surface area contributed by atoms with Gasteiger partial charge in [-0.1, -0.05) is 0 Å². The molecule has 2 aromatic heterocycles. The van der Waals surface area contributed by atoms with Crippen LogP contribution in [0.5, 0.6) is 0 Å². The molecule has 0 aromatic carbocycles. The smallest absolute Gasteiger partial charge is 0.143 e. The second kappa shape index (κ2) is 2.75. The first-order valence-corrected chi connectivity index (χ1v) is 3.93. The van der Waals surface area contributed by atoms with Crippen LogP contribution >= 0.6 is 11.3 Å². The Kier molecular flexibility index (Phi) is 1.61. The molecule has 1 radical (unpaired) electrons. The molecule has 0 atom stereocenters. The van der Waals surface area contributed by atoms with Gasteiger partial charge in [-0.05, 0) is 0 Å². The summed E-state index contributed by atoms with van der Waals surface area (Å²) in [6.45, 7) is 0. The van der Waals surface area contributed by atoms with E-state index in [0.717, 1.165) is 10.7 Å². The summed E-state index contributed by atoms with van der Waals surface area (Å²) in [6, 6.07) is 0. The van der Waals surface area contributed by atoms with Gasteiger partial charge in [0.05, 0.1) is 12.4 Å². The van der Waals surface area contributed by atoms with Crippen molar-refractivity contribution in [1.82, 2.24) is 15.0 Å². The van der Waals surface area contributed by atoms with Crippen molar-refractivity contribution in [2.24, 2.45) is 0 Å². The molecule has 0 N–H and O–H groups in total. The Labute approximate surface area is 67.8 Å². The molecule has 4 heteroatoms. The average molecular weight is 162 g/mol. The van der Waals surface area contributed by atoms with Crippen LogP contribution in [0.25, 0.3) is 10.7 Å². The SMILES string of the molecule is [c]1cncc(-c2nccs2)n1. The van der Waals surface area contributed by atoms with Gasteiger partial charge in [0.1, 0.15) is 16.9 Å². The van der Waals surface area contributed by atoms with Crippen LogP contribution in [-0.4, -0.2) is 15.0 Å². The fourth-order valence-corrected chi connectivity index (χ4v) is 1.31. The van der Waals surface area contributed by atoms with Crippen LogP contribution in [0.3, 0.4) is 0 Å². The quantitative estimate of drug-likeness (QED) is 0.636. The maximum Gasteiger partial charge on any atom is 0.143 e. The maximum absolute atomic E-state index is 4.08. The fraction of sp³-hybridized carbons (Fsp3) is 0. The Balaban J connectivity index is 2.46. The number of hydrogen-bond donors (Lipinski definition) is 0. The summed E-state index contributed by atoms with van der Waals surface area (Å²) in [5.41, 5.74) is 0.780. The molecule has 2 rings (SSSR count). The molecule has 0 saturated carbocycles. The van der Waals surface area contributed by atoms with Gasteiger partial charge in [-0.2, -0.15) is 0 Å². The Morgan fingerprint density at radius 2 is 2.45 bits per heavy atom. The zero-order valence-electron chi connectivity index (χ0n) is 5.56. The molecule has 2 aromatic rings. The topological polar surface area (TPSA) is 38.7 Å². The largest absolute Gasteiger partial charge is 0.260 e. The second-order valence-electron chi connectivity index (χ2n) is 1.87. The lowest BCUT2D eigenvalue weighted by Crippen LogP contribution is -1.81. The van der Waals surface area contributed by atoms with Crippen molar-refractivity contribution in [2.75, 3.05) is 0 Å². The van der Waals surface area contributed by atoms with Gasteiger partial charge in [0.15, 0.2) is 0 Å². The van der Waals surface area contributed by atoms with E-state index in [1.165, 1.54) is 6.20 Å². The number of hydrogen-bond acceptors (Lipinski definition) is 4. The zero-order chi connectivity index (χ0) is 7.52. The molecule has 3 nitrogen and oxygen atoms in total. The summed E-state index contributed by atoms with van der Waals surface area (Å²) in [7, 11) is 0. The van der Waals surface area contributed by atoms with Gasteiger partial charge in [0, 0.05) is 11.6 Å². The van der Waals surface area contributed by atoms with Crippen molar-refractivity contribution in [3.8, 4) is 10.7 Å². The predicted octanol–water partition coefficient (Wildman–Crippen LogP) is 1.40. The van der Waals surface area contributed by atoms with E-state index >= 15 is 0 Å². The molecule has 0 bridgehead atoms. The van der Waals surface area contributed by atoms with Crippen molar-refractivity contribution >= 4 is 11.3 Å². The number of aromatic nitrogens is 3. The number of thiazole rings is 1. The molecule has 0 amide bonds. The Bertz CT molecular complexity index is 317. The minimum Gasteiger partial charge on any atom is -0.260 e. The highest BCUT2D eigenvalue weighted by molar-refractivity contribution is 7.13. The zero-order valence-corrected chi connectivity index (χ0v) is 6.38. The lowest BCUT2D eigenvalue weighted by molar-refractivity contribution is 1.18. The summed E-state index contributed by atoms with van der Waals surface area (Å²) >= 11 is 1.54. The first kappa shape index (κ1) is 6.42. The van der Waals surface area contributed by atoms with Crippen molar-refractivity contribution in [3.05, 3.63) is 30.2 Å². The van der Waals surface area contributed by atoms with Gasteiger partial charge >= 0.3 is 0 Å². The van der Waals surface area contributed by atoms with Gasteiger partial charge in [0.25, 0.3) is 0 Å². The van der Waals surface area contributed by atoms with E-state index in [0.29, 0.717) is 0 Å². The van der Waals surface area contributed by atoms with Crippen LogP contribution in [0.2, 0.25) is 0 Å². The number of nitrogens with zero attached hydrogens (tertiary/aromatic N) is 3. The lowest BCUT2D eigenvalue weighted by atomic mass is 10.5. The summed E-state index contributed by atoms with van der Waals surface area (Å²) in [6.07, 6.45) is 7.60. The van der Waals surface area contributed by atoms with Gasteiger partial charge in [-0.15, -0.1) is 11.3 Å². The van der Waals surface area contributed by atoms with Crippen molar-refractivity contribution in [1.29, 1.82) is 0 Å². The van der Waals surface area contributed by atoms with E-state index in [1.54, 1.807) is 23.7 Å². The molecule has 0 aliphatic carbocycles. The molecule has 2 heterocycles. The first-order chi connectivity index (χ1) is 5.47. The minimum atomic E-state index is 0.780. The highest BCUT2D eigenvalue weighted by Crippen LogP contribution is 2.16. The van der Waals surface area contributed by atoms with Crippen molar-refractivity contribution in [3.63, 3.8) is 0 Å². The average Bonchev–Trinajstić information content (AvgIpc) is 2.58. The van der Waals surface area contributed by atoms with Gasteiger partial charge < -0.3 is 0 Å². The van der Waals surface area contributed by atoms with E-state index in [9.17, 15) is 0 Å². The molecule has 0 spiro atoms.